The quantitative estimate of drug-likeness (QED) is 0.646. The van der Waals surface area contributed by atoms with Gasteiger partial charge in [-0.2, -0.15) is 13.2 Å². The number of halogens is 3. The van der Waals surface area contributed by atoms with E-state index in [4.69, 9.17) is 0 Å². The molecule has 1 heterocycles. The topological polar surface area (TPSA) is 12.0 Å². The van der Waals surface area contributed by atoms with Crippen LogP contribution in [0.3, 0.4) is 0 Å². The van der Waals surface area contributed by atoms with E-state index in [1.807, 2.05) is 0 Å². The second-order valence-electron chi connectivity index (χ2n) is 5.14. The molecule has 1 N–H and O–H groups in total. The Bertz CT molecular complexity index is 163. The first kappa shape index (κ1) is 11.8. The predicted molar refractivity (Wildman–Crippen MR) is 50.0 cm³/mol. The van der Waals surface area contributed by atoms with Crippen molar-refractivity contribution >= 4 is 0 Å². The van der Waals surface area contributed by atoms with Crippen LogP contribution in [0.5, 0.6) is 0 Å². The average Bonchev–Trinajstić information content (AvgIpc) is 2.01. The first-order valence-electron chi connectivity index (χ1n) is 5.01. The van der Waals surface area contributed by atoms with E-state index in [0.717, 1.165) is 0 Å². The summed E-state index contributed by atoms with van der Waals surface area (Å²) in [7, 11) is 0. The Morgan fingerprint density at radius 1 is 1.07 bits per heavy atom. The molecule has 1 nitrogen and oxygen atoms in total. The Hall–Kier alpha value is -0.250. The summed E-state index contributed by atoms with van der Waals surface area (Å²) in [6, 6.07) is 0.209. The van der Waals surface area contributed by atoms with Crippen LogP contribution in [-0.4, -0.2) is 18.8 Å². The van der Waals surface area contributed by atoms with Crippen molar-refractivity contribution in [2.75, 3.05) is 6.54 Å². The highest BCUT2D eigenvalue weighted by molar-refractivity contribution is 4.87. The molecule has 1 rings (SSSR count). The second-order valence-corrected chi connectivity index (χ2v) is 5.14. The molecule has 0 bridgehead atoms. The number of alkyl halides is 3. The van der Waals surface area contributed by atoms with Crippen molar-refractivity contribution in [2.24, 2.45) is 11.3 Å². The lowest BCUT2D eigenvalue weighted by Gasteiger charge is -2.38. The summed E-state index contributed by atoms with van der Waals surface area (Å²) in [6.45, 7) is 6.24. The van der Waals surface area contributed by atoms with Gasteiger partial charge in [-0.1, -0.05) is 20.8 Å². The summed E-state index contributed by atoms with van der Waals surface area (Å²) in [4.78, 5) is 0. The third-order valence-electron chi connectivity index (χ3n) is 2.92. The minimum atomic E-state index is -4.03. The maximum absolute atomic E-state index is 12.3. The first-order valence-corrected chi connectivity index (χ1v) is 5.01. The summed E-state index contributed by atoms with van der Waals surface area (Å²) < 4.78 is 37.0. The van der Waals surface area contributed by atoms with E-state index < -0.39 is 12.1 Å². The average molecular weight is 209 g/mol. The largest absolute Gasteiger partial charge is 0.393 e. The van der Waals surface area contributed by atoms with Crippen LogP contribution >= 0.6 is 0 Å². The van der Waals surface area contributed by atoms with E-state index in [2.05, 4.69) is 26.1 Å². The summed E-state index contributed by atoms with van der Waals surface area (Å²) >= 11 is 0. The van der Waals surface area contributed by atoms with Crippen molar-refractivity contribution in [3.8, 4) is 0 Å². The van der Waals surface area contributed by atoms with E-state index in [1.54, 1.807) is 0 Å². The molecule has 0 amide bonds. The number of hydrogen-bond donors (Lipinski definition) is 1. The molecule has 0 radical (unpaired) electrons. The minimum Gasteiger partial charge on any atom is -0.313 e. The van der Waals surface area contributed by atoms with Gasteiger partial charge in [0.25, 0.3) is 0 Å². The Kier molecular flexibility index (Phi) is 3.14. The summed E-state index contributed by atoms with van der Waals surface area (Å²) in [5.41, 5.74) is 0.0522. The highest BCUT2D eigenvalue weighted by Gasteiger charge is 2.42. The van der Waals surface area contributed by atoms with Crippen LogP contribution in [0.4, 0.5) is 13.2 Å². The summed E-state index contributed by atoms with van der Waals surface area (Å²) in [5.74, 6) is -1.15. The molecule has 2 atom stereocenters. The van der Waals surface area contributed by atoms with Gasteiger partial charge in [0.05, 0.1) is 5.92 Å². The van der Waals surface area contributed by atoms with E-state index in [9.17, 15) is 13.2 Å². The smallest absolute Gasteiger partial charge is 0.313 e. The zero-order valence-corrected chi connectivity index (χ0v) is 8.91. The van der Waals surface area contributed by atoms with Crippen LogP contribution in [0.1, 0.15) is 33.6 Å². The van der Waals surface area contributed by atoms with Crippen LogP contribution < -0.4 is 5.32 Å². The van der Waals surface area contributed by atoms with Crippen molar-refractivity contribution in [3.05, 3.63) is 0 Å². The molecule has 1 aliphatic heterocycles. The van der Waals surface area contributed by atoms with Gasteiger partial charge in [0, 0.05) is 12.6 Å². The Labute approximate surface area is 83.1 Å². The van der Waals surface area contributed by atoms with Crippen molar-refractivity contribution < 1.29 is 13.2 Å². The third kappa shape index (κ3) is 2.87. The first-order chi connectivity index (χ1) is 6.21. The van der Waals surface area contributed by atoms with Crippen LogP contribution in [0.25, 0.3) is 0 Å². The van der Waals surface area contributed by atoms with Gasteiger partial charge >= 0.3 is 6.18 Å². The monoisotopic (exact) mass is 209 g/mol. The lowest BCUT2D eigenvalue weighted by atomic mass is 9.80. The maximum atomic E-state index is 12.3. The standard InChI is InChI=1S/C10H18F3N/c1-9(2,3)8-5-4-7(6-14-8)10(11,12)13/h7-8,14H,4-6H2,1-3H3/t7-,8-/m0/s1. The van der Waals surface area contributed by atoms with Crippen molar-refractivity contribution in [3.63, 3.8) is 0 Å². The zero-order chi connectivity index (χ0) is 11.0. The Morgan fingerprint density at radius 3 is 1.93 bits per heavy atom. The molecule has 0 aromatic rings. The van der Waals surface area contributed by atoms with Crippen molar-refractivity contribution in [1.29, 1.82) is 0 Å². The highest BCUT2D eigenvalue weighted by atomic mass is 19.4. The second kappa shape index (κ2) is 3.72. The van der Waals surface area contributed by atoms with Crippen LogP contribution in [0.15, 0.2) is 0 Å². The van der Waals surface area contributed by atoms with Crippen LogP contribution in [0.2, 0.25) is 0 Å². The molecule has 84 valence electrons. The van der Waals surface area contributed by atoms with Gasteiger partial charge in [-0.05, 0) is 18.3 Å². The Balaban J connectivity index is 2.47. The molecule has 0 aromatic heterocycles. The van der Waals surface area contributed by atoms with Gasteiger partial charge in [-0.25, -0.2) is 0 Å². The molecule has 0 saturated carbocycles. The molecule has 1 aliphatic rings. The Morgan fingerprint density at radius 2 is 1.64 bits per heavy atom. The fourth-order valence-electron chi connectivity index (χ4n) is 1.88. The van der Waals surface area contributed by atoms with Crippen LogP contribution in [-0.2, 0) is 0 Å². The fraction of sp³-hybridized carbons (Fsp3) is 1.00. The van der Waals surface area contributed by atoms with Gasteiger partial charge in [0.2, 0.25) is 0 Å². The normalized spacial score (nSPS) is 30.4. The minimum absolute atomic E-state index is 0.0522. The number of nitrogens with one attached hydrogen (secondary N) is 1. The van der Waals surface area contributed by atoms with E-state index >= 15 is 0 Å². The van der Waals surface area contributed by atoms with Crippen molar-refractivity contribution in [2.45, 2.75) is 45.8 Å². The summed E-state index contributed by atoms with van der Waals surface area (Å²) in [6.07, 6.45) is -3.15. The lowest BCUT2D eigenvalue weighted by Crippen LogP contribution is -2.49. The predicted octanol–water partition coefficient (Wildman–Crippen LogP) is 2.96. The molecule has 4 heteroatoms. The van der Waals surface area contributed by atoms with E-state index in [0.29, 0.717) is 6.42 Å². The molecule has 0 aromatic carbocycles. The number of piperidine rings is 1. The molecule has 1 fully saturated rings. The molecule has 1 saturated heterocycles. The van der Waals surface area contributed by atoms with Gasteiger partial charge in [0.15, 0.2) is 0 Å². The lowest BCUT2D eigenvalue weighted by molar-refractivity contribution is -0.180. The van der Waals surface area contributed by atoms with E-state index in [-0.39, 0.29) is 24.4 Å². The van der Waals surface area contributed by atoms with Gasteiger partial charge < -0.3 is 5.32 Å². The van der Waals surface area contributed by atoms with Gasteiger partial charge in [-0.3, -0.25) is 0 Å². The third-order valence-corrected chi connectivity index (χ3v) is 2.92. The zero-order valence-electron chi connectivity index (χ0n) is 8.91. The number of rotatable bonds is 0. The van der Waals surface area contributed by atoms with E-state index in [1.165, 1.54) is 0 Å². The fourth-order valence-corrected chi connectivity index (χ4v) is 1.88. The maximum Gasteiger partial charge on any atom is 0.393 e. The highest BCUT2D eigenvalue weighted by Crippen LogP contribution is 2.35. The van der Waals surface area contributed by atoms with Gasteiger partial charge in [-0.15, -0.1) is 0 Å². The van der Waals surface area contributed by atoms with Gasteiger partial charge in [0.1, 0.15) is 0 Å². The summed E-state index contributed by atoms with van der Waals surface area (Å²) in [5, 5.41) is 3.00. The molecule has 0 aliphatic carbocycles. The molecule has 0 unspecified atom stereocenters. The SMILES string of the molecule is CC(C)(C)[C@@H]1CC[C@H](C(F)(F)F)CN1. The molecule has 14 heavy (non-hydrogen) atoms. The molecule has 0 spiro atoms. The molecular weight excluding hydrogens is 191 g/mol. The molecular formula is C10H18F3N. The van der Waals surface area contributed by atoms with Crippen LogP contribution in [0, 0.1) is 11.3 Å². The number of hydrogen-bond acceptors (Lipinski definition) is 1. The van der Waals surface area contributed by atoms with Crippen molar-refractivity contribution in [1.82, 2.24) is 5.32 Å².